The molecule has 3 heteroatoms. The SMILES string of the molecule is C[n+]1c(SCC=Cc2ccccc2)sc2ccccc21. The maximum Gasteiger partial charge on any atom is 0.298 e. The molecule has 0 aliphatic carbocycles. The Morgan fingerprint density at radius 1 is 1.05 bits per heavy atom. The Balaban J connectivity index is 1.68. The fraction of sp³-hybridized carbons (Fsp3) is 0.118. The van der Waals surface area contributed by atoms with Gasteiger partial charge in [0.1, 0.15) is 11.7 Å². The maximum absolute atomic E-state index is 2.28. The van der Waals surface area contributed by atoms with Gasteiger partial charge in [-0.1, -0.05) is 66.0 Å². The number of rotatable bonds is 4. The number of benzene rings is 2. The molecule has 0 atom stereocenters. The molecule has 3 rings (SSSR count). The van der Waals surface area contributed by atoms with Crippen molar-refractivity contribution in [3.63, 3.8) is 0 Å². The first-order valence-electron chi connectivity index (χ1n) is 6.56. The average Bonchev–Trinajstić information content (AvgIpc) is 2.82. The Bertz CT molecular complexity index is 729. The topological polar surface area (TPSA) is 3.88 Å². The summed E-state index contributed by atoms with van der Waals surface area (Å²) in [6, 6.07) is 19.0. The van der Waals surface area contributed by atoms with Crippen molar-refractivity contribution in [3.05, 3.63) is 66.2 Å². The van der Waals surface area contributed by atoms with Crippen LogP contribution >= 0.6 is 23.1 Å². The molecule has 100 valence electrons. The lowest BCUT2D eigenvalue weighted by Gasteiger charge is -1.92. The van der Waals surface area contributed by atoms with Crippen molar-refractivity contribution in [2.45, 2.75) is 4.34 Å². The standard InChI is InChI=1S/C17H16NS2/c1-18-15-11-5-6-12-16(15)20-17(18)19-13-7-10-14-8-3-2-4-9-14/h2-12H,13H2,1H3/q+1. The number of aryl methyl sites for hydroxylation is 1. The molecule has 2 aromatic carbocycles. The van der Waals surface area contributed by atoms with Crippen LogP contribution in [0.15, 0.2) is 65.0 Å². The van der Waals surface area contributed by atoms with Crippen molar-refractivity contribution in [1.82, 2.24) is 0 Å². The minimum Gasteiger partial charge on any atom is -0.179 e. The lowest BCUT2D eigenvalue weighted by atomic mass is 10.2. The van der Waals surface area contributed by atoms with Crippen molar-refractivity contribution in [2.75, 3.05) is 5.75 Å². The van der Waals surface area contributed by atoms with E-state index < -0.39 is 0 Å². The average molecular weight is 298 g/mol. The van der Waals surface area contributed by atoms with Gasteiger partial charge in [0.05, 0.1) is 0 Å². The molecule has 0 saturated heterocycles. The molecule has 1 aromatic heterocycles. The van der Waals surface area contributed by atoms with E-state index in [2.05, 4.69) is 72.3 Å². The highest BCUT2D eigenvalue weighted by Gasteiger charge is 2.15. The molecule has 0 N–H and O–H groups in total. The Morgan fingerprint density at radius 2 is 1.80 bits per heavy atom. The van der Waals surface area contributed by atoms with Crippen molar-refractivity contribution in [1.29, 1.82) is 0 Å². The minimum absolute atomic E-state index is 0.996. The fourth-order valence-corrected chi connectivity index (χ4v) is 4.29. The molecular formula is C17H16NS2+. The molecule has 0 radical (unpaired) electrons. The molecule has 0 amide bonds. The first-order valence-corrected chi connectivity index (χ1v) is 8.37. The van der Waals surface area contributed by atoms with E-state index in [4.69, 9.17) is 0 Å². The third-order valence-corrected chi connectivity index (χ3v) is 5.61. The van der Waals surface area contributed by atoms with Crippen molar-refractivity contribution in [2.24, 2.45) is 7.05 Å². The smallest absolute Gasteiger partial charge is 0.179 e. The molecule has 1 heterocycles. The van der Waals surface area contributed by atoms with Gasteiger partial charge in [-0.3, -0.25) is 0 Å². The lowest BCUT2D eigenvalue weighted by Crippen LogP contribution is -2.28. The van der Waals surface area contributed by atoms with E-state index in [0.29, 0.717) is 0 Å². The first-order chi connectivity index (χ1) is 9.84. The Labute approximate surface area is 127 Å². The van der Waals surface area contributed by atoms with Crippen LogP contribution in [0.25, 0.3) is 16.3 Å². The third kappa shape index (κ3) is 2.94. The zero-order chi connectivity index (χ0) is 13.8. The fourth-order valence-electron chi connectivity index (χ4n) is 2.08. The second kappa shape index (κ2) is 6.25. The van der Waals surface area contributed by atoms with E-state index in [0.717, 1.165) is 5.75 Å². The molecule has 0 fully saturated rings. The zero-order valence-corrected chi connectivity index (χ0v) is 13.0. The van der Waals surface area contributed by atoms with Crippen LogP contribution in [-0.2, 0) is 7.05 Å². The number of nitrogens with zero attached hydrogens (tertiary/aromatic N) is 1. The molecule has 20 heavy (non-hydrogen) atoms. The first kappa shape index (κ1) is 13.4. The molecule has 1 nitrogen and oxygen atoms in total. The molecule has 0 aliphatic heterocycles. The Hall–Kier alpha value is -1.58. The van der Waals surface area contributed by atoms with Gasteiger partial charge in [-0.15, -0.1) is 0 Å². The molecular weight excluding hydrogens is 282 g/mol. The number of hydrogen-bond acceptors (Lipinski definition) is 2. The Kier molecular flexibility index (Phi) is 4.19. The summed E-state index contributed by atoms with van der Waals surface area (Å²) in [5, 5.41) is 0. The van der Waals surface area contributed by atoms with Crippen molar-refractivity contribution < 1.29 is 4.57 Å². The second-order valence-corrected chi connectivity index (χ2v) is 6.82. The van der Waals surface area contributed by atoms with E-state index in [-0.39, 0.29) is 0 Å². The quantitative estimate of drug-likeness (QED) is 0.505. The van der Waals surface area contributed by atoms with Gasteiger partial charge in [-0.05, 0) is 23.4 Å². The zero-order valence-electron chi connectivity index (χ0n) is 11.3. The van der Waals surface area contributed by atoms with Gasteiger partial charge >= 0.3 is 0 Å². The van der Waals surface area contributed by atoms with Gasteiger partial charge in [-0.25, -0.2) is 0 Å². The summed E-state index contributed by atoms with van der Waals surface area (Å²) in [4.78, 5) is 0. The van der Waals surface area contributed by atoms with Gasteiger partial charge in [0.25, 0.3) is 4.34 Å². The summed E-state index contributed by atoms with van der Waals surface area (Å²) in [5.74, 6) is 0.996. The van der Waals surface area contributed by atoms with E-state index in [1.165, 1.54) is 20.1 Å². The predicted octanol–water partition coefficient (Wildman–Crippen LogP) is 4.53. The summed E-state index contributed by atoms with van der Waals surface area (Å²) in [5.41, 5.74) is 2.57. The summed E-state index contributed by atoms with van der Waals surface area (Å²) in [7, 11) is 2.14. The van der Waals surface area contributed by atoms with Gasteiger partial charge in [0.15, 0.2) is 0 Å². The molecule has 0 unspecified atom stereocenters. The summed E-state index contributed by atoms with van der Waals surface area (Å²) < 4.78 is 4.98. The number of hydrogen-bond donors (Lipinski definition) is 0. The van der Waals surface area contributed by atoms with E-state index in [9.17, 15) is 0 Å². The summed E-state index contributed by atoms with van der Waals surface area (Å²) >= 11 is 3.75. The van der Waals surface area contributed by atoms with Crippen LogP contribution in [0.4, 0.5) is 0 Å². The minimum atomic E-state index is 0.996. The number of para-hydroxylation sites is 1. The maximum atomic E-state index is 2.28. The van der Waals surface area contributed by atoms with Gasteiger partial charge < -0.3 is 0 Å². The van der Waals surface area contributed by atoms with Crippen LogP contribution in [0.2, 0.25) is 0 Å². The molecule has 0 saturated carbocycles. The van der Waals surface area contributed by atoms with Crippen LogP contribution < -0.4 is 4.57 Å². The second-order valence-electron chi connectivity index (χ2n) is 4.52. The van der Waals surface area contributed by atoms with Gasteiger partial charge in [0.2, 0.25) is 5.52 Å². The molecule has 0 aliphatic rings. The predicted molar refractivity (Wildman–Crippen MR) is 89.2 cm³/mol. The third-order valence-electron chi connectivity index (χ3n) is 3.11. The molecule has 0 spiro atoms. The highest BCUT2D eigenvalue weighted by molar-refractivity contribution is 8.01. The van der Waals surface area contributed by atoms with Crippen LogP contribution in [0, 0.1) is 0 Å². The molecule has 3 aromatic rings. The highest BCUT2D eigenvalue weighted by Crippen LogP contribution is 2.27. The summed E-state index contributed by atoms with van der Waals surface area (Å²) in [6.07, 6.45) is 4.41. The van der Waals surface area contributed by atoms with E-state index >= 15 is 0 Å². The van der Waals surface area contributed by atoms with E-state index in [1.54, 1.807) is 0 Å². The van der Waals surface area contributed by atoms with Gasteiger partial charge in [-0.2, -0.15) is 4.57 Å². The number of fused-ring (bicyclic) bond motifs is 1. The lowest BCUT2D eigenvalue weighted by molar-refractivity contribution is -0.676. The highest BCUT2D eigenvalue weighted by atomic mass is 32.2. The van der Waals surface area contributed by atoms with Crippen LogP contribution in [-0.4, -0.2) is 5.75 Å². The Morgan fingerprint density at radius 3 is 2.60 bits per heavy atom. The van der Waals surface area contributed by atoms with Gasteiger partial charge in [0, 0.05) is 11.8 Å². The largest absolute Gasteiger partial charge is 0.298 e. The van der Waals surface area contributed by atoms with Crippen molar-refractivity contribution >= 4 is 39.4 Å². The van der Waals surface area contributed by atoms with Crippen LogP contribution in [0.3, 0.4) is 0 Å². The molecule has 0 bridgehead atoms. The summed E-state index contributed by atoms with van der Waals surface area (Å²) in [6.45, 7) is 0. The van der Waals surface area contributed by atoms with Crippen molar-refractivity contribution in [3.8, 4) is 0 Å². The van der Waals surface area contributed by atoms with Crippen LogP contribution in [0.5, 0.6) is 0 Å². The number of thioether (sulfide) groups is 1. The van der Waals surface area contributed by atoms with E-state index in [1.807, 2.05) is 29.2 Å². The normalized spacial score (nSPS) is 11.4. The monoisotopic (exact) mass is 298 g/mol. The number of thiazole rings is 1. The number of aromatic nitrogens is 1. The van der Waals surface area contributed by atoms with Crippen LogP contribution in [0.1, 0.15) is 5.56 Å².